The molecule has 162 valence electrons. The van der Waals surface area contributed by atoms with Crippen molar-refractivity contribution in [3.63, 3.8) is 0 Å². The second kappa shape index (κ2) is 7.21. The number of carbonyl (C=O) groups excluding carboxylic acids is 1. The first kappa shape index (κ1) is 20.8. The Balaban J connectivity index is 1.60. The van der Waals surface area contributed by atoms with Crippen LogP contribution < -0.4 is 4.90 Å². The molecule has 1 spiro atoms. The van der Waals surface area contributed by atoms with Crippen molar-refractivity contribution in [2.45, 2.75) is 37.6 Å². The topological polar surface area (TPSA) is 57.6 Å². The lowest BCUT2D eigenvalue weighted by Crippen LogP contribution is -2.38. The highest BCUT2D eigenvalue weighted by atomic mass is 35.5. The van der Waals surface area contributed by atoms with Crippen molar-refractivity contribution < 1.29 is 14.7 Å². The first-order valence-corrected chi connectivity index (χ1v) is 11.2. The number of nitrogens with zero attached hydrogens (tertiary/aromatic N) is 1. The molecule has 2 aliphatic rings. The SMILES string of the molecule is CC(C)[C@]1(c2ccc(Cl)cc2)C[C@@]12C(=O)N(Cc1cccc(C(=O)O)c1)c1ccccc12. The van der Waals surface area contributed by atoms with Crippen LogP contribution in [0, 0.1) is 5.92 Å². The average molecular weight is 446 g/mol. The van der Waals surface area contributed by atoms with Crippen LogP contribution in [0.4, 0.5) is 5.69 Å². The van der Waals surface area contributed by atoms with Gasteiger partial charge in [0.2, 0.25) is 5.91 Å². The van der Waals surface area contributed by atoms with Crippen LogP contribution in [0.1, 0.15) is 47.3 Å². The minimum absolute atomic E-state index is 0.0862. The van der Waals surface area contributed by atoms with Crippen molar-refractivity contribution in [2.75, 3.05) is 4.90 Å². The zero-order valence-electron chi connectivity index (χ0n) is 18.0. The summed E-state index contributed by atoms with van der Waals surface area (Å²) >= 11 is 6.15. The summed E-state index contributed by atoms with van der Waals surface area (Å²) in [6.07, 6.45) is 0.751. The first-order valence-electron chi connectivity index (χ1n) is 10.8. The Morgan fingerprint density at radius 1 is 1.06 bits per heavy atom. The van der Waals surface area contributed by atoms with Crippen LogP contribution in [0.2, 0.25) is 5.02 Å². The van der Waals surface area contributed by atoms with Crippen LogP contribution in [-0.2, 0) is 22.2 Å². The van der Waals surface area contributed by atoms with Gasteiger partial charge in [-0.2, -0.15) is 0 Å². The highest BCUT2D eigenvalue weighted by molar-refractivity contribution is 6.30. The number of amides is 1. The number of carboxylic acid groups (broad SMARTS) is 1. The number of halogens is 1. The molecule has 1 aliphatic carbocycles. The Labute approximate surface area is 192 Å². The predicted molar refractivity (Wildman–Crippen MR) is 125 cm³/mol. The smallest absolute Gasteiger partial charge is 0.335 e. The molecule has 0 saturated heterocycles. The largest absolute Gasteiger partial charge is 0.478 e. The number of carbonyl (C=O) groups is 2. The summed E-state index contributed by atoms with van der Waals surface area (Å²) in [5.41, 5.74) is 3.21. The van der Waals surface area contributed by atoms with Gasteiger partial charge in [0.1, 0.15) is 0 Å². The number of hydrogen-bond donors (Lipinski definition) is 1. The highest BCUT2D eigenvalue weighted by Gasteiger charge is 2.77. The predicted octanol–water partition coefficient (Wildman–Crippen LogP) is 5.82. The molecule has 2 atom stereocenters. The van der Waals surface area contributed by atoms with Crippen LogP contribution in [0.25, 0.3) is 0 Å². The third kappa shape index (κ3) is 2.75. The van der Waals surface area contributed by atoms with E-state index < -0.39 is 11.4 Å². The molecule has 5 rings (SSSR count). The molecular formula is C27H24ClNO3. The molecule has 1 heterocycles. The maximum Gasteiger partial charge on any atom is 0.335 e. The molecule has 0 radical (unpaired) electrons. The minimum Gasteiger partial charge on any atom is -0.478 e. The van der Waals surface area contributed by atoms with Gasteiger partial charge in [0.05, 0.1) is 17.5 Å². The van der Waals surface area contributed by atoms with Gasteiger partial charge in [0.25, 0.3) is 0 Å². The minimum atomic E-state index is -0.972. The molecule has 3 aromatic carbocycles. The summed E-state index contributed by atoms with van der Waals surface area (Å²) in [7, 11) is 0. The number of rotatable bonds is 5. The quantitative estimate of drug-likeness (QED) is 0.538. The molecule has 1 N–H and O–H groups in total. The third-order valence-corrected chi connectivity index (χ3v) is 7.56. The van der Waals surface area contributed by atoms with Gasteiger partial charge in [-0.3, -0.25) is 4.79 Å². The lowest BCUT2D eigenvalue weighted by Gasteiger charge is -2.27. The Morgan fingerprint density at radius 2 is 1.78 bits per heavy atom. The van der Waals surface area contributed by atoms with Crippen molar-refractivity contribution in [2.24, 2.45) is 5.92 Å². The zero-order valence-corrected chi connectivity index (χ0v) is 18.8. The monoisotopic (exact) mass is 445 g/mol. The van der Waals surface area contributed by atoms with E-state index in [0.29, 0.717) is 11.6 Å². The van der Waals surface area contributed by atoms with Gasteiger partial charge >= 0.3 is 5.97 Å². The van der Waals surface area contributed by atoms with Crippen LogP contribution in [-0.4, -0.2) is 17.0 Å². The van der Waals surface area contributed by atoms with E-state index in [1.165, 1.54) is 0 Å². The Bertz CT molecular complexity index is 1240. The van der Waals surface area contributed by atoms with Crippen LogP contribution in [0.15, 0.2) is 72.8 Å². The number of para-hydroxylation sites is 1. The molecule has 1 aliphatic heterocycles. The van der Waals surface area contributed by atoms with Crippen molar-refractivity contribution >= 4 is 29.2 Å². The molecule has 0 bridgehead atoms. The molecule has 1 saturated carbocycles. The fourth-order valence-corrected chi connectivity index (χ4v) is 5.90. The van der Waals surface area contributed by atoms with E-state index in [-0.39, 0.29) is 22.8 Å². The number of hydrogen-bond acceptors (Lipinski definition) is 2. The molecule has 0 unspecified atom stereocenters. The fraction of sp³-hybridized carbons (Fsp3) is 0.259. The third-order valence-electron chi connectivity index (χ3n) is 7.31. The Kier molecular flexibility index (Phi) is 4.68. The summed E-state index contributed by atoms with van der Waals surface area (Å²) < 4.78 is 0. The van der Waals surface area contributed by atoms with E-state index in [1.54, 1.807) is 18.2 Å². The van der Waals surface area contributed by atoms with Gasteiger partial charge in [-0.05, 0) is 59.4 Å². The summed E-state index contributed by atoms with van der Waals surface area (Å²) in [6, 6.07) is 22.7. The zero-order chi connectivity index (χ0) is 22.7. The van der Waals surface area contributed by atoms with Gasteiger partial charge in [0.15, 0.2) is 0 Å². The molecular weight excluding hydrogens is 422 g/mol. The van der Waals surface area contributed by atoms with E-state index in [4.69, 9.17) is 11.6 Å². The second-order valence-electron chi connectivity index (χ2n) is 9.13. The highest BCUT2D eigenvalue weighted by Crippen LogP contribution is 2.73. The van der Waals surface area contributed by atoms with E-state index in [1.807, 2.05) is 53.4 Å². The maximum absolute atomic E-state index is 14.1. The molecule has 3 aromatic rings. The molecule has 4 nitrogen and oxygen atoms in total. The lowest BCUT2D eigenvalue weighted by molar-refractivity contribution is -0.121. The Morgan fingerprint density at radius 3 is 2.47 bits per heavy atom. The summed E-state index contributed by atoms with van der Waals surface area (Å²) in [6.45, 7) is 4.70. The Hall–Kier alpha value is -3.11. The molecule has 1 amide bonds. The number of fused-ring (bicyclic) bond motifs is 2. The van der Waals surface area contributed by atoms with Gasteiger partial charge in [-0.15, -0.1) is 0 Å². The van der Waals surface area contributed by atoms with Gasteiger partial charge in [-0.25, -0.2) is 4.79 Å². The fourth-order valence-electron chi connectivity index (χ4n) is 5.77. The maximum atomic E-state index is 14.1. The molecule has 32 heavy (non-hydrogen) atoms. The van der Waals surface area contributed by atoms with E-state index in [9.17, 15) is 14.7 Å². The second-order valence-corrected chi connectivity index (χ2v) is 9.57. The average Bonchev–Trinajstić information content (AvgIpc) is 3.45. The van der Waals surface area contributed by atoms with Crippen LogP contribution in [0.5, 0.6) is 0 Å². The summed E-state index contributed by atoms with van der Waals surface area (Å²) in [5.74, 6) is -0.640. The molecule has 0 aromatic heterocycles. The lowest BCUT2D eigenvalue weighted by atomic mass is 9.75. The van der Waals surface area contributed by atoms with Crippen LogP contribution >= 0.6 is 11.6 Å². The van der Waals surface area contributed by atoms with Crippen molar-refractivity contribution in [1.29, 1.82) is 0 Å². The van der Waals surface area contributed by atoms with Crippen molar-refractivity contribution in [3.05, 3.63) is 100 Å². The normalized spacial score (nSPS) is 23.6. The van der Waals surface area contributed by atoms with E-state index in [2.05, 4.69) is 19.9 Å². The molecule has 1 fully saturated rings. The van der Waals surface area contributed by atoms with Gasteiger partial charge in [-0.1, -0.05) is 67.9 Å². The molecule has 5 heteroatoms. The number of carboxylic acids is 1. The number of aromatic carboxylic acids is 1. The van der Waals surface area contributed by atoms with Gasteiger partial charge in [0, 0.05) is 16.1 Å². The van der Waals surface area contributed by atoms with E-state index >= 15 is 0 Å². The van der Waals surface area contributed by atoms with Gasteiger partial charge < -0.3 is 10.0 Å². The van der Waals surface area contributed by atoms with Crippen LogP contribution in [0.3, 0.4) is 0 Å². The standard InChI is InChI=1S/C27H24ClNO3/c1-17(2)26(20-10-12-21(28)13-11-20)16-27(26)22-8-3-4-9-23(22)29(25(27)32)15-18-6-5-7-19(14-18)24(30)31/h3-14,17H,15-16H2,1-2H3,(H,30,31)/t26-,27+/m0/s1. The van der Waals surface area contributed by atoms with Crippen molar-refractivity contribution in [3.8, 4) is 0 Å². The first-order chi connectivity index (χ1) is 15.3. The summed E-state index contributed by atoms with van der Waals surface area (Å²) in [5, 5.41) is 10.0. The van der Waals surface area contributed by atoms with Crippen molar-refractivity contribution in [1.82, 2.24) is 0 Å². The van der Waals surface area contributed by atoms with E-state index in [0.717, 1.165) is 28.8 Å². The number of benzene rings is 3. The summed E-state index contributed by atoms with van der Waals surface area (Å²) in [4.78, 5) is 27.4. The number of anilines is 1.